The van der Waals surface area contributed by atoms with Gasteiger partial charge in [0, 0.05) is 13.0 Å². The molecule has 1 aliphatic rings. The molecular formula is C20H23NO4. The number of nitrogens with one attached hydrogen (secondary N) is 1. The standard InChI is InChI=1S/C20H23NO4/c1-24-17-6-8-18(9-7-17)25-13-19(22)21-14-20(23)11-10-15-4-2-3-5-16(15)12-20/h2-9,23H,10-14H2,1H3,(H,21,22). The molecule has 1 unspecified atom stereocenters. The SMILES string of the molecule is COc1ccc(OCC(=O)NCC2(O)CCc3ccccc3C2)cc1. The minimum absolute atomic E-state index is 0.0843. The average Bonchev–Trinajstić information content (AvgIpc) is 2.65. The zero-order valence-corrected chi connectivity index (χ0v) is 14.3. The Morgan fingerprint density at radius 3 is 2.52 bits per heavy atom. The minimum Gasteiger partial charge on any atom is -0.497 e. The molecule has 5 heteroatoms. The summed E-state index contributed by atoms with van der Waals surface area (Å²) < 4.78 is 10.5. The maximum Gasteiger partial charge on any atom is 0.258 e. The van der Waals surface area contributed by atoms with Crippen LogP contribution >= 0.6 is 0 Å². The molecule has 132 valence electrons. The third-order valence-electron chi connectivity index (χ3n) is 4.54. The molecule has 0 saturated carbocycles. The molecule has 0 heterocycles. The van der Waals surface area contributed by atoms with Gasteiger partial charge in [0.1, 0.15) is 11.5 Å². The van der Waals surface area contributed by atoms with Gasteiger partial charge in [-0.1, -0.05) is 24.3 Å². The van der Waals surface area contributed by atoms with Gasteiger partial charge in [0.2, 0.25) is 0 Å². The molecule has 0 aliphatic heterocycles. The molecule has 0 radical (unpaired) electrons. The number of hydrogen-bond acceptors (Lipinski definition) is 4. The second kappa shape index (κ2) is 7.57. The van der Waals surface area contributed by atoms with Crippen LogP contribution in [0.5, 0.6) is 11.5 Å². The summed E-state index contributed by atoms with van der Waals surface area (Å²) in [6.07, 6.45) is 2.03. The van der Waals surface area contributed by atoms with Crippen LogP contribution in [-0.4, -0.2) is 36.9 Å². The molecule has 2 aromatic carbocycles. The van der Waals surface area contributed by atoms with Crippen LogP contribution in [0.4, 0.5) is 0 Å². The summed E-state index contributed by atoms with van der Waals surface area (Å²) in [7, 11) is 1.59. The van der Waals surface area contributed by atoms with E-state index in [2.05, 4.69) is 11.4 Å². The second-order valence-electron chi connectivity index (χ2n) is 6.41. The quantitative estimate of drug-likeness (QED) is 0.844. The maximum atomic E-state index is 12.0. The van der Waals surface area contributed by atoms with Crippen LogP contribution in [0.3, 0.4) is 0 Å². The summed E-state index contributed by atoms with van der Waals surface area (Å²) in [4.78, 5) is 12.0. The molecule has 0 aromatic heterocycles. The molecule has 1 atom stereocenters. The molecule has 1 aliphatic carbocycles. The summed E-state index contributed by atoms with van der Waals surface area (Å²) in [5.74, 6) is 1.08. The fourth-order valence-electron chi connectivity index (χ4n) is 3.07. The number of ether oxygens (including phenoxy) is 2. The lowest BCUT2D eigenvalue weighted by Crippen LogP contribution is -2.47. The van der Waals surface area contributed by atoms with E-state index in [4.69, 9.17) is 9.47 Å². The Morgan fingerprint density at radius 1 is 1.12 bits per heavy atom. The second-order valence-corrected chi connectivity index (χ2v) is 6.41. The highest BCUT2D eigenvalue weighted by Gasteiger charge is 2.32. The molecule has 3 rings (SSSR count). The maximum absolute atomic E-state index is 12.0. The van der Waals surface area contributed by atoms with E-state index in [9.17, 15) is 9.90 Å². The first kappa shape index (κ1) is 17.3. The van der Waals surface area contributed by atoms with Gasteiger partial charge in [-0.15, -0.1) is 0 Å². The van der Waals surface area contributed by atoms with Gasteiger partial charge in [-0.05, 0) is 48.2 Å². The fourth-order valence-corrected chi connectivity index (χ4v) is 3.07. The van der Waals surface area contributed by atoms with Crippen molar-refractivity contribution in [2.75, 3.05) is 20.3 Å². The zero-order chi connectivity index (χ0) is 17.7. The summed E-state index contributed by atoms with van der Waals surface area (Å²) in [6, 6.07) is 15.2. The van der Waals surface area contributed by atoms with Gasteiger partial charge < -0.3 is 19.9 Å². The average molecular weight is 341 g/mol. The Kier molecular flexibility index (Phi) is 5.24. The van der Waals surface area contributed by atoms with Crippen LogP contribution < -0.4 is 14.8 Å². The van der Waals surface area contributed by atoms with E-state index in [1.54, 1.807) is 31.4 Å². The molecule has 0 spiro atoms. The molecule has 2 N–H and O–H groups in total. The highest BCUT2D eigenvalue weighted by Crippen LogP contribution is 2.28. The number of aryl methyl sites for hydroxylation is 1. The van der Waals surface area contributed by atoms with E-state index in [0.29, 0.717) is 18.6 Å². The van der Waals surface area contributed by atoms with Crippen LogP contribution in [0.25, 0.3) is 0 Å². The predicted octanol–water partition coefficient (Wildman–Crippen LogP) is 2.11. The number of carbonyl (C=O) groups excluding carboxylic acids is 1. The van der Waals surface area contributed by atoms with E-state index in [1.165, 1.54) is 5.56 Å². The normalized spacial score (nSPS) is 19.0. The molecule has 2 aromatic rings. The van der Waals surface area contributed by atoms with Gasteiger partial charge in [0.25, 0.3) is 5.91 Å². The van der Waals surface area contributed by atoms with Crippen molar-refractivity contribution < 1.29 is 19.4 Å². The van der Waals surface area contributed by atoms with Crippen molar-refractivity contribution in [2.45, 2.75) is 24.9 Å². The summed E-state index contributed by atoms with van der Waals surface area (Å²) in [5, 5.41) is 13.5. The van der Waals surface area contributed by atoms with E-state index >= 15 is 0 Å². The third kappa shape index (κ3) is 4.51. The van der Waals surface area contributed by atoms with Gasteiger partial charge in [-0.25, -0.2) is 0 Å². The Labute approximate surface area is 147 Å². The highest BCUT2D eigenvalue weighted by atomic mass is 16.5. The Morgan fingerprint density at radius 2 is 1.80 bits per heavy atom. The Bertz CT molecular complexity index is 729. The van der Waals surface area contributed by atoms with E-state index in [1.807, 2.05) is 18.2 Å². The first-order valence-corrected chi connectivity index (χ1v) is 8.41. The number of carbonyl (C=O) groups is 1. The number of aliphatic hydroxyl groups is 1. The van der Waals surface area contributed by atoms with E-state index < -0.39 is 5.60 Å². The molecule has 1 amide bonds. The predicted molar refractivity (Wildman–Crippen MR) is 94.9 cm³/mol. The Balaban J connectivity index is 1.47. The molecule has 5 nitrogen and oxygen atoms in total. The lowest BCUT2D eigenvalue weighted by Gasteiger charge is -2.33. The molecule has 0 saturated heterocycles. The van der Waals surface area contributed by atoms with E-state index in [-0.39, 0.29) is 19.1 Å². The van der Waals surface area contributed by atoms with Gasteiger partial charge >= 0.3 is 0 Å². The highest BCUT2D eigenvalue weighted by molar-refractivity contribution is 5.77. The number of hydrogen-bond donors (Lipinski definition) is 2. The van der Waals surface area contributed by atoms with Crippen LogP contribution in [0.15, 0.2) is 48.5 Å². The van der Waals surface area contributed by atoms with Crippen molar-refractivity contribution in [2.24, 2.45) is 0 Å². The summed E-state index contributed by atoms with van der Waals surface area (Å²) in [6.45, 7) is 0.144. The largest absolute Gasteiger partial charge is 0.497 e. The van der Waals surface area contributed by atoms with Crippen LogP contribution in [-0.2, 0) is 17.6 Å². The monoisotopic (exact) mass is 341 g/mol. The van der Waals surface area contributed by atoms with Gasteiger partial charge in [-0.3, -0.25) is 4.79 Å². The fraction of sp³-hybridized carbons (Fsp3) is 0.350. The minimum atomic E-state index is -0.899. The van der Waals surface area contributed by atoms with E-state index in [0.717, 1.165) is 17.7 Å². The van der Waals surface area contributed by atoms with Gasteiger partial charge in [0.05, 0.1) is 12.7 Å². The lowest BCUT2D eigenvalue weighted by molar-refractivity contribution is -0.124. The molecule has 25 heavy (non-hydrogen) atoms. The topological polar surface area (TPSA) is 67.8 Å². The number of rotatable bonds is 6. The van der Waals surface area contributed by atoms with Crippen LogP contribution in [0.1, 0.15) is 17.5 Å². The van der Waals surface area contributed by atoms with Crippen molar-refractivity contribution in [1.82, 2.24) is 5.32 Å². The van der Waals surface area contributed by atoms with Gasteiger partial charge in [-0.2, -0.15) is 0 Å². The van der Waals surface area contributed by atoms with Crippen molar-refractivity contribution >= 4 is 5.91 Å². The van der Waals surface area contributed by atoms with Crippen LogP contribution in [0.2, 0.25) is 0 Å². The summed E-state index contributed by atoms with van der Waals surface area (Å²) >= 11 is 0. The molecule has 0 bridgehead atoms. The lowest BCUT2D eigenvalue weighted by atomic mass is 9.80. The number of methoxy groups -OCH3 is 1. The van der Waals surface area contributed by atoms with Crippen LogP contribution in [0, 0.1) is 0 Å². The van der Waals surface area contributed by atoms with Crippen molar-refractivity contribution in [3.8, 4) is 11.5 Å². The number of benzene rings is 2. The van der Waals surface area contributed by atoms with Gasteiger partial charge in [0.15, 0.2) is 6.61 Å². The molecular weight excluding hydrogens is 318 g/mol. The zero-order valence-electron chi connectivity index (χ0n) is 14.3. The van der Waals surface area contributed by atoms with Crippen molar-refractivity contribution in [3.05, 3.63) is 59.7 Å². The number of fused-ring (bicyclic) bond motifs is 1. The molecule has 0 fully saturated rings. The number of amides is 1. The summed E-state index contributed by atoms with van der Waals surface area (Å²) in [5.41, 5.74) is 1.53. The first-order chi connectivity index (χ1) is 12.1. The smallest absolute Gasteiger partial charge is 0.258 e. The Hall–Kier alpha value is -2.53. The van der Waals surface area contributed by atoms with Crippen molar-refractivity contribution in [1.29, 1.82) is 0 Å². The van der Waals surface area contributed by atoms with Crippen molar-refractivity contribution in [3.63, 3.8) is 0 Å². The third-order valence-corrected chi connectivity index (χ3v) is 4.54. The first-order valence-electron chi connectivity index (χ1n) is 8.41.